The van der Waals surface area contributed by atoms with Crippen molar-refractivity contribution in [1.29, 1.82) is 0 Å². The van der Waals surface area contributed by atoms with Gasteiger partial charge in [0.15, 0.2) is 0 Å². The highest BCUT2D eigenvalue weighted by molar-refractivity contribution is 9.11. The smallest absolute Gasteiger partial charge is 0.223 e. The van der Waals surface area contributed by atoms with Crippen molar-refractivity contribution in [2.24, 2.45) is 0 Å². The van der Waals surface area contributed by atoms with Crippen LogP contribution in [0.5, 0.6) is 0 Å². The first-order chi connectivity index (χ1) is 48.8. The van der Waals surface area contributed by atoms with Gasteiger partial charge in [0, 0.05) is 97.2 Å². The van der Waals surface area contributed by atoms with Crippen LogP contribution in [0.25, 0.3) is 45.0 Å². The van der Waals surface area contributed by atoms with E-state index in [9.17, 15) is 0 Å². The molecule has 17 heteroatoms. The van der Waals surface area contributed by atoms with E-state index in [2.05, 4.69) is 314 Å². The van der Waals surface area contributed by atoms with E-state index in [1.54, 1.807) is 0 Å². The molecular formula is C83H81Br3N14. The summed E-state index contributed by atoms with van der Waals surface area (Å²) in [7, 11) is 8.40. The zero-order valence-electron chi connectivity index (χ0n) is 56.7. The number of rotatable bonds is 15. The summed E-state index contributed by atoms with van der Waals surface area (Å²) in [5.74, 6) is 3.41. The normalized spacial score (nSPS) is 15.5. The standard InChI is InChI=1S/C24H27BrN4.C23H25BrN4.C18H14BrN3.C18H15N3/c1-29(2)13-6-5-12-26-24-27-16-18-15-22(17-8-7-9-19(25)14-17)20-10-3-4-11-21(20)23(18)28-24;1-28(2)12-6-11-25-23-26-15-17-14-21(16-7-5-8-18(24)13-16)19-9-3-4-10-20(19)22(17)27-23;19-13-5-3-4-11(8-13)16-9-12-10-21-18(20)22-17(12)15-7-2-1-6-14(15)16;19-18-20-11-13-10-16(12-6-2-1-3-7-12)14-8-4-5-9-15(14)17(13)21-18/h3-4,7-11,14,16,22H,5-6,12-13,15H2,1-2H3,(H,26,27,28);3-5,7-10,13,15,21H,6,11-12,14H2,1-2H3,(H,25,26,27);1-8,10,16H,9H2,(H2,20,21,22);1-9,11,16H,10H2,(H2,19,20,21)/t;;;16-/m...0/s1. The molecule has 0 saturated heterocycles. The molecule has 6 N–H and O–H groups in total. The maximum atomic E-state index is 5.78. The van der Waals surface area contributed by atoms with Gasteiger partial charge in [-0.1, -0.05) is 212 Å². The van der Waals surface area contributed by atoms with Gasteiger partial charge in [0.05, 0.1) is 22.8 Å². The van der Waals surface area contributed by atoms with Gasteiger partial charge in [-0.2, -0.15) is 0 Å². The average Bonchev–Trinajstić information content (AvgIpc) is 0.785. The third-order valence-electron chi connectivity index (χ3n) is 18.9. The largest absolute Gasteiger partial charge is 0.368 e. The maximum Gasteiger partial charge on any atom is 0.223 e. The van der Waals surface area contributed by atoms with Crippen molar-refractivity contribution in [3.05, 3.63) is 305 Å². The van der Waals surface area contributed by atoms with Crippen molar-refractivity contribution in [2.75, 3.05) is 76.5 Å². The molecule has 8 aromatic carbocycles. The molecule has 4 atom stereocenters. The summed E-state index contributed by atoms with van der Waals surface area (Å²) in [6.07, 6.45) is 14.7. The van der Waals surface area contributed by atoms with Crippen molar-refractivity contribution in [3.63, 3.8) is 0 Å². The lowest BCUT2D eigenvalue weighted by Gasteiger charge is -2.27. The lowest BCUT2D eigenvalue weighted by molar-refractivity contribution is 0.396. The van der Waals surface area contributed by atoms with Gasteiger partial charge >= 0.3 is 0 Å². The van der Waals surface area contributed by atoms with Crippen LogP contribution >= 0.6 is 47.8 Å². The first-order valence-electron chi connectivity index (χ1n) is 34.2. The minimum Gasteiger partial charge on any atom is -0.368 e. The average molecular weight is 1510 g/mol. The van der Waals surface area contributed by atoms with Gasteiger partial charge < -0.3 is 31.9 Å². The highest BCUT2D eigenvalue weighted by Gasteiger charge is 2.32. The van der Waals surface area contributed by atoms with Gasteiger partial charge in [-0.25, -0.2) is 39.9 Å². The van der Waals surface area contributed by atoms with E-state index in [4.69, 9.17) is 21.4 Å². The van der Waals surface area contributed by atoms with Crippen LogP contribution in [0.3, 0.4) is 0 Å². The van der Waals surface area contributed by atoms with E-state index in [0.717, 1.165) is 124 Å². The Hall–Kier alpha value is -9.36. The molecule has 16 rings (SSSR count). The summed E-state index contributed by atoms with van der Waals surface area (Å²) in [6.45, 7) is 3.93. The van der Waals surface area contributed by atoms with E-state index in [1.165, 1.54) is 78.7 Å². The summed E-state index contributed by atoms with van der Waals surface area (Å²) in [5.41, 5.74) is 35.7. The number of benzene rings is 8. The Morgan fingerprint density at radius 1 is 0.350 bits per heavy atom. The molecule has 0 saturated carbocycles. The molecule has 4 aliphatic rings. The topological polar surface area (TPSA) is 186 Å². The number of nitrogen functional groups attached to an aromatic ring is 2. The van der Waals surface area contributed by atoms with Crippen molar-refractivity contribution in [1.82, 2.24) is 49.7 Å². The van der Waals surface area contributed by atoms with Crippen LogP contribution in [0.1, 0.15) is 110 Å². The van der Waals surface area contributed by atoms with Gasteiger partial charge in [0.25, 0.3) is 0 Å². The molecule has 3 unspecified atom stereocenters. The third-order valence-corrected chi connectivity index (χ3v) is 20.4. The highest BCUT2D eigenvalue weighted by Crippen LogP contribution is 2.46. The number of nitrogens with one attached hydrogen (secondary N) is 2. The third kappa shape index (κ3) is 16.4. The number of hydrogen-bond acceptors (Lipinski definition) is 14. The van der Waals surface area contributed by atoms with E-state index in [0.29, 0.717) is 41.5 Å². The fourth-order valence-corrected chi connectivity index (χ4v) is 15.4. The number of unbranched alkanes of at least 4 members (excludes halogenated alkanes) is 1. The number of nitrogens with two attached hydrogens (primary N) is 2. The van der Waals surface area contributed by atoms with Crippen LogP contribution in [0.4, 0.5) is 23.8 Å². The molecular weight excluding hydrogens is 1430 g/mol. The molecule has 0 fully saturated rings. The summed E-state index contributed by atoms with van der Waals surface area (Å²) >= 11 is 10.8. The first kappa shape index (κ1) is 69.1. The molecule has 0 bridgehead atoms. The number of hydrogen-bond donors (Lipinski definition) is 4. The summed E-state index contributed by atoms with van der Waals surface area (Å²) in [5, 5.41) is 6.78. The predicted octanol–water partition coefficient (Wildman–Crippen LogP) is 17.9. The zero-order valence-corrected chi connectivity index (χ0v) is 61.5. The van der Waals surface area contributed by atoms with Crippen LogP contribution in [0.2, 0.25) is 0 Å². The second-order valence-electron chi connectivity index (χ2n) is 26.3. The summed E-state index contributed by atoms with van der Waals surface area (Å²) < 4.78 is 3.33. The van der Waals surface area contributed by atoms with E-state index in [-0.39, 0.29) is 0 Å². The van der Waals surface area contributed by atoms with Crippen LogP contribution < -0.4 is 22.1 Å². The van der Waals surface area contributed by atoms with E-state index in [1.807, 2.05) is 36.9 Å². The van der Waals surface area contributed by atoms with E-state index < -0.39 is 0 Å². The number of fused-ring (bicyclic) bond motifs is 12. The molecule has 4 heterocycles. The van der Waals surface area contributed by atoms with Gasteiger partial charge in [0.1, 0.15) is 0 Å². The second kappa shape index (κ2) is 32.3. The molecule has 0 radical (unpaired) electrons. The molecule has 100 heavy (non-hydrogen) atoms. The van der Waals surface area contributed by atoms with Crippen molar-refractivity contribution in [3.8, 4) is 45.0 Å². The highest BCUT2D eigenvalue weighted by atomic mass is 79.9. The van der Waals surface area contributed by atoms with Crippen molar-refractivity contribution >= 4 is 71.6 Å². The van der Waals surface area contributed by atoms with Crippen molar-refractivity contribution < 1.29 is 0 Å². The number of anilines is 4. The molecule has 4 aromatic heterocycles. The minimum absolute atomic E-state index is 0.313. The van der Waals surface area contributed by atoms with Gasteiger partial charge in [-0.3, -0.25) is 0 Å². The lowest BCUT2D eigenvalue weighted by atomic mass is 9.78. The number of aromatic nitrogens is 8. The predicted molar refractivity (Wildman–Crippen MR) is 418 cm³/mol. The Balaban J connectivity index is 0.000000120. The zero-order chi connectivity index (χ0) is 69.1. The number of nitrogens with zero attached hydrogens (tertiary/aromatic N) is 10. The molecule has 14 nitrogen and oxygen atoms in total. The minimum atomic E-state index is 0.313. The Kier molecular flexibility index (Phi) is 22.3. The SMILES string of the molecule is CN(C)CCCCNc1ncc2c(n1)-c1ccccc1C(c1cccc(Br)c1)C2.CN(C)CCCNc1ncc2c(n1)-c1ccccc1C(c1cccc(Br)c1)C2.Nc1ncc2c(n1)-c1ccccc1C(c1cccc(Br)c1)C2.Nc1ncc2c(n1)-c1ccccc1[C@H](c1ccccc1)C2. The molecule has 0 aliphatic heterocycles. The van der Waals surface area contributed by atoms with Crippen LogP contribution in [0, 0.1) is 0 Å². The Morgan fingerprint density at radius 2 is 0.660 bits per heavy atom. The monoisotopic (exact) mass is 1510 g/mol. The molecule has 0 spiro atoms. The lowest BCUT2D eigenvalue weighted by Crippen LogP contribution is -2.18. The first-order valence-corrected chi connectivity index (χ1v) is 36.6. The maximum absolute atomic E-state index is 5.78. The van der Waals surface area contributed by atoms with Crippen LogP contribution in [-0.2, 0) is 25.7 Å². The fourth-order valence-electron chi connectivity index (χ4n) is 14.1. The van der Waals surface area contributed by atoms with Crippen LogP contribution in [0.15, 0.2) is 238 Å². The molecule has 504 valence electrons. The number of halogens is 3. The summed E-state index contributed by atoms with van der Waals surface area (Å²) in [4.78, 5) is 40.6. The molecule has 12 aromatic rings. The summed E-state index contributed by atoms with van der Waals surface area (Å²) in [6, 6.07) is 70.5. The van der Waals surface area contributed by atoms with E-state index >= 15 is 0 Å². The fraction of sp³-hybridized carbons (Fsp3) is 0.229. The second-order valence-corrected chi connectivity index (χ2v) is 29.1. The quantitative estimate of drug-likeness (QED) is 0.0711. The van der Waals surface area contributed by atoms with Gasteiger partial charge in [0.2, 0.25) is 23.8 Å². The Bertz CT molecular complexity index is 4820. The molecule has 4 aliphatic carbocycles. The Labute approximate surface area is 612 Å². The van der Waals surface area contributed by atoms with Crippen LogP contribution in [-0.4, -0.2) is 104 Å². The van der Waals surface area contributed by atoms with Crippen molar-refractivity contribution in [2.45, 2.75) is 68.6 Å². The van der Waals surface area contributed by atoms with Gasteiger partial charge in [-0.15, -0.1) is 0 Å². The Morgan fingerprint density at radius 3 is 1.03 bits per heavy atom. The molecule has 0 amide bonds. The van der Waals surface area contributed by atoms with Gasteiger partial charge in [-0.05, 0) is 189 Å².